The molecule has 3 aromatic rings. The highest BCUT2D eigenvalue weighted by Crippen LogP contribution is 2.50. The lowest BCUT2D eigenvalue weighted by atomic mass is 9.84. The number of hydrogen-bond donors (Lipinski definition) is 1. The smallest absolute Gasteiger partial charge is 0.378 e. The number of Topliss-reactive ketones (excluding diaryl/α,β-unsaturated/α-hetero) is 1. The summed E-state index contributed by atoms with van der Waals surface area (Å²) in [5.41, 5.74) is 2.84. The van der Waals surface area contributed by atoms with E-state index in [2.05, 4.69) is 112 Å². The summed E-state index contributed by atoms with van der Waals surface area (Å²) in [6.45, 7) is 30.7. The van der Waals surface area contributed by atoms with E-state index in [-0.39, 0.29) is 22.3 Å². The van der Waals surface area contributed by atoms with E-state index in [4.69, 9.17) is 22.7 Å². The molecule has 1 fully saturated rings. The zero-order chi connectivity index (χ0) is 41.1. The van der Waals surface area contributed by atoms with Gasteiger partial charge in [-0.15, -0.1) is 0 Å². The number of ketones is 1. The van der Waals surface area contributed by atoms with Crippen LogP contribution in [-0.4, -0.2) is 51.5 Å². The van der Waals surface area contributed by atoms with Crippen molar-refractivity contribution in [3.63, 3.8) is 0 Å². The van der Waals surface area contributed by atoms with Crippen molar-refractivity contribution in [1.29, 1.82) is 0 Å². The molecule has 0 bridgehead atoms. The Morgan fingerprint density at radius 3 is 2.11 bits per heavy atom. The zero-order valence-electron chi connectivity index (χ0n) is 36.0. The molecular weight excluding hydrogens is 729 g/mol. The normalized spacial score (nSPS) is 19.1. The highest BCUT2D eigenvalue weighted by molar-refractivity contribution is 6.74. The van der Waals surface area contributed by atoms with E-state index in [1.54, 1.807) is 6.26 Å². The third-order valence-corrected chi connectivity index (χ3v) is 21.2. The molecular formula is C44H68O9Si2. The minimum absolute atomic E-state index is 0.00935. The summed E-state index contributed by atoms with van der Waals surface area (Å²) in [4.78, 5) is 32.4. The number of ether oxygens (including phenoxy) is 2. The van der Waals surface area contributed by atoms with E-state index in [1.165, 1.54) is 0 Å². The number of benzene rings is 2. The van der Waals surface area contributed by atoms with Crippen molar-refractivity contribution in [2.75, 3.05) is 0 Å². The third kappa shape index (κ3) is 9.84. The molecule has 1 aliphatic heterocycles. The van der Waals surface area contributed by atoms with Crippen LogP contribution in [0.2, 0.25) is 36.3 Å². The highest BCUT2D eigenvalue weighted by atomic mass is 28.4. The van der Waals surface area contributed by atoms with Gasteiger partial charge in [-0.25, -0.2) is 4.79 Å². The quantitative estimate of drug-likeness (QED) is 0.0547. The predicted molar refractivity (Wildman–Crippen MR) is 223 cm³/mol. The van der Waals surface area contributed by atoms with Crippen molar-refractivity contribution in [2.45, 2.75) is 175 Å². The lowest BCUT2D eigenvalue weighted by Crippen LogP contribution is -2.52. The van der Waals surface area contributed by atoms with Crippen LogP contribution in [0.15, 0.2) is 47.1 Å². The molecule has 2 aromatic carbocycles. The number of carbonyl (C=O) groups excluding carboxylic acids is 2. The number of furan rings is 1. The van der Waals surface area contributed by atoms with E-state index < -0.39 is 46.3 Å². The summed E-state index contributed by atoms with van der Waals surface area (Å²) in [5.74, 6) is -0.460. The van der Waals surface area contributed by atoms with Crippen LogP contribution in [0.3, 0.4) is 0 Å². The maximum absolute atomic E-state index is 14.8. The second-order valence-corrected chi connectivity index (χ2v) is 28.5. The maximum Gasteiger partial charge on any atom is 0.378 e. The third-order valence-electron chi connectivity index (χ3n) is 12.2. The fraction of sp³-hybridized carbons (Fsp3) is 0.636. The van der Waals surface area contributed by atoms with Crippen LogP contribution in [0, 0.1) is 5.92 Å². The average Bonchev–Trinajstić information content (AvgIpc) is 3.71. The van der Waals surface area contributed by atoms with Crippen LogP contribution < -0.4 is 4.74 Å². The Bertz CT molecular complexity index is 1770. The molecule has 9 nitrogen and oxygen atoms in total. The molecule has 4 rings (SSSR count). The first-order valence-corrected chi connectivity index (χ1v) is 26.0. The number of fused-ring (bicyclic) bond motifs is 1. The Labute approximate surface area is 332 Å². The molecule has 1 aliphatic rings. The molecule has 11 heteroatoms. The maximum atomic E-state index is 14.8. The number of epoxide rings is 1. The molecule has 2 heterocycles. The van der Waals surface area contributed by atoms with Gasteiger partial charge < -0.3 is 22.7 Å². The standard InChI is InChI=1S/C44H68O9Si2/c1-15-20-32(36(45)25-38(53-55(13,14)43(8,9)10)44(41(46)52-47)37(16-2)51-44)34-27-49-40-33(34)24-31(23-29(3)4)39(48-26-30-21-18-17-19-22-30)35(40)28-50-54(11,12)42(5,6)7/h17-19,21-22,24,27,29,32,37-38,47H,15-16,20,23,25-26,28H2,1-14H3/t32?,37-,38+,44-/m1/s1. The molecule has 1 unspecified atom stereocenters. The summed E-state index contributed by atoms with van der Waals surface area (Å²) in [6, 6.07) is 12.3. The Kier molecular flexibility index (Phi) is 14.2. The summed E-state index contributed by atoms with van der Waals surface area (Å²) >= 11 is 0. The van der Waals surface area contributed by atoms with Crippen LogP contribution in [0.1, 0.15) is 123 Å². The first-order chi connectivity index (χ1) is 25.5. The van der Waals surface area contributed by atoms with Gasteiger partial charge >= 0.3 is 5.97 Å². The Balaban J connectivity index is 1.86. The lowest BCUT2D eigenvalue weighted by Gasteiger charge is -2.40. The van der Waals surface area contributed by atoms with E-state index >= 15 is 0 Å². The Hall–Kier alpha value is -2.81. The van der Waals surface area contributed by atoms with Crippen LogP contribution in [0.25, 0.3) is 11.0 Å². The summed E-state index contributed by atoms with van der Waals surface area (Å²) < 4.78 is 33.0. The average molecular weight is 797 g/mol. The van der Waals surface area contributed by atoms with Gasteiger partial charge in [0.05, 0.1) is 24.5 Å². The van der Waals surface area contributed by atoms with Gasteiger partial charge in [-0.2, -0.15) is 5.26 Å². The molecule has 0 aliphatic carbocycles. The molecule has 1 aromatic heterocycles. The van der Waals surface area contributed by atoms with E-state index in [0.717, 1.165) is 46.2 Å². The van der Waals surface area contributed by atoms with Gasteiger partial charge in [-0.3, -0.25) is 9.68 Å². The van der Waals surface area contributed by atoms with Gasteiger partial charge in [0.15, 0.2) is 16.6 Å². The SMILES string of the molecule is CCCC(C(=O)C[C@H](O[Si](C)(C)C(C)(C)C)[C@]1(C(=O)OO)O[C@@H]1CC)c1coc2c(CO[Si](C)(C)C(C)(C)C)c(OCc3ccccc3)c(CC(C)C)cc12. The van der Waals surface area contributed by atoms with Gasteiger partial charge in [0.1, 0.15) is 29.8 Å². The lowest BCUT2D eigenvalue weighted by molar-refractivity contribution is -0.243. The molecule has 4 atom stereocenters. The van der Waals surface area contributed by atoms with Crippen molar-refractivity contribution in [3.05, 3.63) is 64.9 Å². The van der Waals surface area contributed by atoms with Crippen molar-refractivity contribution >= 4 is 39.4 Å². The van der Waals surface area contributed by atoms with Gasteiger partial charge in [0, 0.05) is 23.3 Å². The molecule has 0 amide bonds. The Morgan fingerprint density at radius 1 is 0.945 bits per heavy atom. The van der Waals surface area contributed by atoms with E-state index in [9.17, 15) is 14.8 Å². The van der Waals surface area contributed by atoms with Crippen molar-refractivity contribution in [1.82, 2.24) is 0 Å². The second kappa shape index (κ2) is 17.4. The summed E-state index contributed by atoms with van der Waals surface area (Å²) in [6.07, 6.45) is 2.73. The van der Waals surface area contributed by atoms with Crippen LogP contribution in [0.4, 0.5) is 0 Å². The first kappa shape index (κ1) is 44.9. The minimum Gasteiger partial charge on any atom is -0.488 e. The number of hydrogen-bond acceptors (Lipinski definition) is 9. The monoisotopic (exact) mass is 796 g/mol. The summed E-state index contributed by atoms with van der Waals surface area (Å²) in [5, 5.41) is 10.3. The highest BCUT2D eigenvalue weighted by Gasteiger charge is 2.70. The van der Waals surface area contributed by atoms with Crippen LogP contribution in [0.5, 0.6) is 5.75 Å². The van der Waals surface area contributed by atoms with Crippen LogP contribution >= 0.6 is 0 Å². The van der Waals surface area contributed by atoms with Crippen molar-refractivity contribution in [2.24, 2.45) is 5.92 Å². The molecule has 0 spiro atoms. The molecule has 55 heavy (non-hydrogen) atoms. The summed E-state index contributed by atoms with van der Waals surface area (Å²) in [7, 11) is -4.74. The topological polar surface area (TPSA) is 117 Å². The fourth-order valence-corrected chi connectivity index (χ4v) is 9.10. The van der Waals surface area contributed by atoms with Crippen molar-refractivity contribution in [3.8, 4) is 5.75 Å². The van der Waals surface area contributed by atoms with Crippen LogP contribution in [-0.2, 0) is 47.7 Å². The zero-order valence-corrected chi connectivity index (χ0v) is 38.0. The molecule has 0 saturated carbocycles. The Morgan fingerprint density at radius 2 is 1.58 bits per heavy atom. The molecule has 0 radical (unpaired) electrons. The molecule has 306 valence electrons. The second-order valence-electron chi connectivity index (χ2n) is 18.9. The fourth-order valence-electron chi connectivity index (χ4n) is 6.84. The van der Waals surface area contributed by atoms with Gasteiger partial charge in [0.2, 0.25) is 5.60 Å². The molecule has 1 saturated heterocycles. The predicted octanol–water partition coefficient (Wildman–Crippen LogP) is 11.5. The van der Waals surface area contributed by atoms with Crippen molar-refractivity contribution < 1.29 is 42.5 Å². The van der Waals surface area contributed by atoms with E-state index in [1.807, 2.05) is 25.1 Å². The molecule has 1 N–H and O–H groups in total. The van der Waals surface area contributed by atoms with Gasteiger partial charge in [-0.1, -0.05) is 106 Å². The number of carbonyl (C=O) groups is 2. The number of rotatable bonds is 19. The van der Waals surface area contributed by atoms with E-state index in [0.29, 0.717) is 37.6 Å². The largest absolute Gasteiger partial charge is 0.488 e. The first-order valence-electron chi connectivity index (χ1n) is 20.1. The van der Waals surface area contributed by atoms with Gasteiger partial charge in [0.25, 0.3) is 0 Å². The van der Waals surface area contributed by atoms with Gasteiger partial charge in [-0.05, 0) is 78.6 Å². The minimum atomic E-state index is -2.54.